The minimum atomic E-state index is 0.0692. The average molecular weight is 264 g/mol. The van der Waals surface area contributed by atoms with Gasteiger partial charge < -0.3 is 10.6 Å². The molecule has 0 saturated carbocycles. The van der Waals surface area contributed by atoms with Gasteiger partial charge in [0.1, 0.15) is 5.82 Å². The summed E-state index contributed by atoms with van der Waals surface area (Å²) in [5.41, 5.74) is 1.15. The van der Waals surface area contributed by atoms with E-state index < -0.39 is 0 Å². The number of carbonyl (C=O) groups excluding carboxylic acids is 1. The van der Waals surface area contributed by atoms with Crippen LogP contribution in [0.15, 0.2) is 18.3 Å². The Morgan fingerprint density at radius 3 is 2.79 bits per heavy atom. The first kappa shape index (κ1) is 15.4. The highest BCUT2D eigenvalue weighted by molar-refractivity contribution is 5.78. The molecule has 106 valence electrons. The van der Waals surface area contributed by atoms with E-state index in [1.165, 1.54) is 0 Å². The van der Waals surface area contributed by atoms with Crippen molar-refractivity contribution in [2.75, 3.05) is 25.5 Å². The number of amides is 1. The van der Waals surface area contributed by atoms with E-state index in [1.54, 1.807) is 6.20 Å². The normalized spacial score (nSPS) is 10.8. The van der Waals surface area contributed by atoms with Gasteiger partial charge in [-0.3, -0.25) is 9.69 Å². The van der Waals surface area contributed by atoms with Crippen molar-refractivity contribution in [2.24, 2.45) is 0 Å². The van der Waals surface area contributed by atoms with E-state index >= 15 is 0 Å². The fourth-order valence-corrected chi connectivity index (χ4v) is 1.82. The van der Waals surface area contributed by atoms with Crippen LogP contribution in [0.5, 0.6) is 0 Å². The largest absolute Gasteiger partial charge is 0.373 e. The zero-order valence-electron chi connectivity index (χ0n) is 12.2. The maximum Gasteiger partial charge on any atom is 0.234 e. The van der Waals surface area contributed by atoms with Gasteiger partial charge in [-0.05, 0) is 38.1 Å². The highest BCUT2D eigenvalue weighted by Crippen LogP contribution is 2.08. The molecule has 0 spiro atoms. The Morgan fingerprint density at radius 2 is 2.21 bits per heavy atom. The molecule has 0 aliphatic heterocycles. The average Bonchev–Trinajstić information content (AvgIpc) is 2.37. The molecule has 0 bridgehead atoms. The third-order valence-corrected chi connectivity index (χ3v) is 2.75. The Morgan fingerprint density at radius 1 is 1.47 bits per heavy atom. The maximum atomic E-state index is 11.8. The molecule has 1 aromatic heterocycles. The second-order valence-corrected chi connectivity index (χ2v) is 4.82. The van der Waals surface area contributed by atoms with Gasteiger partial charge in [-0.1, -0.05) is 6.92 Å². The fraction of sp³-hybridized carbons (Fsp3) is 0.571. The van der Waals surface area contributed by atoms with Gasteiger partial charge in [0.15, 0.2) is 0 Å². The van der Waals surface area contributed by atoms with Gasteiger partial charge in [-0.25, -0.2) is 4.98 Å². The number of nitrogens with zero attached hydrogens (tertiary/aromatic N) is 2. The third-order valence-electron chi connectivity index (χ3n) is 2.75. The number of likely N-dealkylation sites (N-methyl/N-ethyl adjacent to an activating group) is 1. The predicted molar refractivity (Wildman–Crippen MR) is 78.0 cm³/mol. The predicted octanol–water partition coefficient (Wildman–Crippen LogP) is 1.47. The van der Waals surface area contributed by atoms with Crippen LogP contribution >= 0.6 is 0 Å². The van der Waals surface area contributed by atoms with Gasteiger partial charge in [0.2, 0.25) is 5.91 Å². The topological polar surface area (TPSA) is 57.3 Å². The van der Waals surface area contributed by atoms with Crippen LogP contribution in [0.2, 0.25) is 0 Å². The molecule has 0 aliphatic carbocycles. The summed E-state index contributed by atoms with van der Waals surface area (Å²) in [6, 6.07) is 4.16. The van der Waals surface area contributed by atoms with Gasteiger partial charge in [0.05, 0.1) is 6.54 Å². The van der Waals surface area contributed by atoms with Gasteiger partial charge in [0, 0.05) is 25.8 Å². The van der Waals surface area contributed by atoms with E-state index in [-0.39, 0.29) is 11.9 Å². The molecule has 0 radical (unpaired) electrons. The minimum Gasteiger partial charge on any atom is -0.373 e. The van der Waals surface area contributed by atoms with Crippen molar-refractivity contribution in [2.45, 2.75) is 33.4 Å². The summed E-state index contributed by atoms with van der Waals surface area (Å²) < 4.78 is 0. The first-order valence-corrected chi connectivity index (χ1v) is 6.69. The first-order valence-electron chi connectivity index (χ1n) is 6.69. The molecule has 0 aromatic carbocycles. The summed E-state index contributed by atoms with van der Waals surface area (Å²) in [6.07, 6.45) is 1.78. The highest BCUT2D eigenvalue weighted by Gasteiger charge is 2.10. The Kier molecular flexibility index (Phi) is 6.29. The van der Waals surface area contributed by atoms with Crippen LogP contribution in [0, 0.1) is 0 Å². The monoisotopic (exact) mass is 264 g/mol. The Bertz CT molecular complexity index is 406. The molecule has 0 unspecified atom stereocenters. The van der Waals surface area contributed by atoms with E-state index in [0.29, 0.717) is 6.54 Å². The van der Waals surface area contributed by atoms with Crippen LogP contribution in [0.3, 0.4) is 0 Å². The van der Waals surface area contributed by atoms with E-state index in [9.17, 15) is 4.79 Å². The second kappa shape index (κ2) is 7.74. The molecule has 5 nitrogen and oxygen atoms in total. The van der Waals surface area contributed by atoms with Crippen LogP contribution in [-0.2, 0) is 11.3 Å². The van der Waals surface area contributed by atoms with Gasteiger partial charge in [0.25, 0.3) is 0 Å². The zero-order chi connectivity index (χ0) is 14.3. The summed E-state index contributed by atoms with van der Waals surface area (Å²) in [5.74, 6) is 0.917. The second-order valence-electron chi connectivity index (χ2n) is 4.82. The van der Waals surface area contributed by atoms with E-state index in [1.807, 2.05) is 33.0 Å². The smallest absolute Gasteiger partial charge is 0.234 e. The number of pyridine rings is 1. The molecule has 0 atom stereocenters. The lowest BCUT2D eigenvalue weighted by atomic mass is 10.2. The van der Waals surface area contributed by atoms with Gasteiger partial charge >= 0.3 is 0 Å². The quantitative estimate of drug-likeness (QED) is 0.783. The molecular weight excluding hydrogens is 240 g/mol. The van der Waals surface area contributed by atoms with Gasteiger partial charge in [-0.2, -0.15) is 0 Å². The van der Waals surface area contributed by atoms with Crippen molar-refractivity contribution in [1.29, 1.82) is 0 Å². The van der Waals surface area contributed by atoms with Crippen LogP contribution in [-0.4, -0.2) is 42.0 Å². The van der Waals surface area contributed by atoms with Crippen LogP contribution < -0.4 is 10.6 Å². The highest BCUT2D eigenvalue weighted by atomic mass is 16.2. The molecule has 0 saturated heterocycles. The van der Waals surface area contributed by atoms with Crippen molar-refractivity contribution in [3.63, 3.8) is 0 Å². The number of nitrogens with one attached hydrogen (secondary N) is 2. The molecule has 1 amide bonds. The van der Waals surface area contributed by atoms with Crippen LogP contribution in [0.4, 0.5) is 5.82 Å². The molecule has 5 heteroatoms. The molecule has 1 heterocycles. The number of anilines is 1. The van der Waals surface area contributed by atoms with Crippen molar-refractivity contribution < 1.29 is 4.79 Å². The van der Waals surface area contributed by atoms with E-state index in [2.05, 4.69) is 27.4 Å². The van der Waals surface area contributed by atoms with E-state index in [4.69, 9.17) is 0 Å². The third kappa shape index (κ3) is 5.70. The summed E-state index contributed by atoms with van der Waals surface area (Å²) in [5, 5.41) is 5.93. The molecular formula is C14H24N4O. The molecule has 0 aliphatic rings. The molecule has 2 N–H and O–H groups in total. The SMILES string of the molecule is CCN(CC(=O)NC(C)C)Cc1ccnc(NC)c1. The van der Waals surface area contributed by atoms with Crippen molar-refractivity contribution in [3.05, 3.63) is 23.9 Å². The standard InChI is InChI=1S/C14H24N4O/c1-5-18(10-14(19)17-11(2)3)9-12-6-7-16-13(8-12)15-4/h6-8,11H,5,9-10H2,1-4H3,(H,15,16)(H,17,19). The Labute approximate surface area is 115 Å². The van der Waals surface area contributed by atoms with Gasteiger partial charge in [-0.15, -0.1) is 0 Å². The molecule has 19 heavy (non-hydrogen) atoms. The summed E-state index contributed by atoms with van der Waals surface area (Å²) in [6.45, 7) is 8.00. The first-order chi connectivity index (χ1) is 9.05. The Balaban J connectivity index is 2.58. The van der Waals surface area contributed by atoms with Crippen LogP contribution in [0.25, 0.3) is 0 Å². The number of hydrogen-bond donors (Lipinski definition) is 2. The van der Waals surface area contributed by atoms with Crippen molar-refractivity contribution in [1.82, 2.24) is 15.2 Å². The number of rotatable bonds is 7. The zero-order valence-corrected chi connectivity index (χ0v) is 12.2. The number of hydrogen-bond acceptors (Lipinski definition) is 4. The fourth-order valence-electron chi connectivity index (χ4n) is 1.82. The summed E-state index contributed by atoms with van der Waals surface area (Å²) >= 11 is 0. The summed E-state index contributed by atoms with van der Waals surface area (Å²) in [7, 11) is 1.85. The number of carbonyl (C=O) groups is 1. The molecule has 0 fully saturated rings. The number of aromatic nitrogens is 1. The summed E-state index contributed by atoms with van der Waals surface area (Å²) in [4.78, 5) is 18.0. The molecule has 1 rings (SSSR count). The minimum absolute atomic E-state index is 0.0692. The molecule has 1 aromatic rings. The van der Waals surface area contributed by atoms with Crippen molar-refractivity contribution >= 4 is 11.7 Å². The lowest BCUT2D eigenvalue weighted by Crippen LogP contribution is -2.39. The van der Waals surface area contributed by atoms with Crippen molar-refractivity contribution in [3.8, 4) is 0 Å². The lowest BCUT2D eigenvalue weighted by molar-refractivity contribution is -0.122. The Hall–Kier alpha value is -1.62. The van der Waals surface area contributed by atoms with E-state index in [0.717, 1.165) is 24.5 Å². The lowest BCUT2D eigenvalue weighted by Gasteiger charge is -2.21. The maximum absolute atomic E-state index is 11.8. The van der Waals surface area contributed by atoms with Crippen LogP contribution in [0.1, 0.15) is 26.3 Å².